The molecule has 1 saturated carbocycles. The van der Waals surface area contributed by atoms with E-state index in [4.69, 9.17) is 0 Å². The molecule has 1 unspecified atom stereocenters. The molecule has 2 rings (SSSR count). The number of nitrogens with zero attached hydrogens (tertiary/aromatic N) is 1. The van der Waals surface area contributed by atoms with Crippen LogP contribution in [0, 0.1) is 5.92 Å². The van der Waals surface area contributed by atoms with Crippen molar-refractivity contribution in [3.05, 3.63) is 0 Å². The quantitative estimate of drug-likeness (QED) is 0.734. The van der Waals surface area contributed by atoms with E-state index in [9.17, 15) is 13.2 Å². The second-order valence-electron chi connectivity index (χ2n) is 4.57. The summed E-state index contributed by atoms with van der Waals surface area (Å²) < 4.78 is 23.2. The van der Waals surface area contributed by atoms with Crippen LogP contribution in [0.5, 0.6) is 0 Å². The highest BCUT2D eigenvalue weighted by Gasteiger charge is 2.36. The van der Waals surface area contributed by atoms with Crippen LogP contribution in [-0.2, 0) is 14.6 Å². The topological polar surface area (TPSA) is 54.5 Å². The van der Waals surface area contributed by atoms with E-state index in [0.29, 0.717) is 18.8 Å². The van der Waals surface area contributed by atoms with Gasteiger partial charge >= 0.3 is 0 Å². The molecule has 0 amide bonds. The van der Waals surface area contributed by atoms with Crippen molar-refractivity contribution in [2.75, 3.05) is 30.9 Å². The lowest BCUT2D eigenvalue weighted by Crippen LogP contribution is -2.49. The highest BCUT2D eigenvalue weighted by atomic mass is 32.2. The van der Waals surface area contributed by atoms with E-state index >= 15 is 0 Å². The number of hydrogen-bond donors (Lipinski definition) is 0. The summed E-state index contributed by atoms with van der Waals surface area (Å²) in [6.45, 7) is 1.03. The molecule has 1 heterocycles. The summed E-state index contributed by atoms with van der Waals surface area (Å²) >= 11 is 1.65. The monoisotopic (exact) mass is 263 g/mol. The second-order valence-corrected chi connectivity index (χ2v) is 7.92. The summed E-state index contributed by atoms with van der Waals surface area (Å²) in [5.74, 6) is 1.95. The molecule has 2 aliphatic rings. The van der Waals surface area contributed by atoms with Crippen LogP contribution in [0.15, 0.2) is 0 Å². The summed E-state index contributed by atoms with van der Waals surface area (Å²) in [4.78, 5) is 13.5. The highest BCUT2D eigenvalue weighted by Crippen LogP contribution is 2.31. The molecule has 92 valence electrons. The lowest BCUT2D eigenvalue weighted by atomic mass is 10.2. The number of carbonyl (C=O) groups is 1. The number of rotatable bonds is 4. The van der Waals surface area contributed by atoms with E-state index in [-0.39, 0.29) is 11.7 Å². The average molecular weight is 263 g/mol. The van der Waals surface area contributed by atoms with Gasteiger partial charge in [-0.2, -0.15) is 11.8 Å². The number of thioether (sulfide) groups is 1. The van der Waals surface area contributed by atoms with Crippen LogP contribution in [0.3, 0.4) is 0 Å². The fourth-order valence-corrected chi connectivity index (χ4v) is 4.87. The molecular formula is C10H17NO3S2. The van der Waals surface area contributed by atoms with Crippen LogP contribution in [-0.4, -0.2) is 55.3 Å². The molecule has 0 N–H and O–H groups in total. The zero-order valence-electron chi connectivity index (χ0n) is 9.39. The average Bonchev–Trinajstić information content (AvgIpc) is 2.99. The van der Waals surface area contributed by atoms with Gasteiger partial charge in [0.15, 0.2) is 9.84 Å². The molecule has 4 nitrogen and oxygen atoms in total. The maximum Gasteiger partial charge on any atom is 0.164 e. The summed E-state index contributed by atoms with van der Waals surface area (Å²) in [7, 11) is -3.07. The van der Waals surface area contributed by atoms with Crippen molar-refractivity contribution in [3.8, 4) is 0 Å². The van der Waals surface area contributed by atoms with Crippen LogP contribution >= 0.6 is 11.8 Å². The Morgan fingerprint density at radius 1 is 1.44 bits per heavy atom. The minimum absolute atomic E-state index is 0.217. The van der Waals surface area contributed by atoms with Crippen molar-refractivity contribution in [1.82, 2.24) is 4.90 Å². The van der Waals surface area contributed by atoms with Crippen molar-refractivity contribution in [1.29, 1.82) is 0 Å². The van der Waals surface area contributed by atoms with Gasteiger partial charge in [-0.25, -0.2) is 8.42 Å². The minimum Gasteiger partial charge on any atom is -0.298 e. The first-order valence-electron chi connectivity index (χ1n) is 5.52. The van der Waals surface area contributed by atoms with Gasteiger partial charge in [-0.15, -0.1) is 0 Å². The van der Waals surface area contributed by atoms with Gasteiger partial charge in [-0.05, 0) is 12.8 Å². The molecule has 0 aromatic carbocycles. The summed E-state index contributed by atoms with van der Waals surface area (Å²) in [6.07, 6.45) is 3.24. The summed E-state index contributed by atoms with van der Waals surface area (Å²) in [6, 6.07) is 0. The Kier molecular flexibility index (Phi) is 3.61. The van der Waals surface area contributed by atoms with E-state index in [0.717, 1.165) is 18.6 Å². The molecule has 0 spiro atoms. The summed E-state index contributed by atoms with van der Waals surface area (Å²) in [5, 5.41) is -0.464. The van der Waals surface area contributed by atoms with Gasteiger partial charge < -0.3 is 0 Å². The number of carbonyl (C=O) groups excluding carboxylic acids is 1. The summed E-state index contributed by atoms with van der Waals surface area (Å²) in [5.41, 5.74) is 0. The fraction of sp³-hybridized carbons (Fsp3) is 0.900. The van der Waals surface area contributed by atoms with Crippen molar-refractivity contribution in [2.24, 2.45) is 5.92 Å². The van der Waals surface area contributed by atoms with Crippen molar-refractivity contribution in [2.45, 2.75) is 18.2 Å². The molecule has 0 aromatic rings. The molecular weight excluding hydrogens is 246 g/mol. The van der Waals surface area contributed by atoms with Gasteiger partial charge in [0.1, 0.15) is 11.2 Å². The molecule has 0 aromatic heterocycles. The SMILES string of the molecule is CS(=O)(=O)C1CSCCN1CC(=O)C1CC1. The zero-order chi connectivity index (χ0) is 11.8. The third-order valence-electron chi connectivity index (χ3n) is 3.08. The largest absolute Gasteiger partial charge is 0.298 e. The maximum atomic E-state index is 11.7. The minimum atomic E-state index is -3.07. The Balaban J connectivity index is 2.01. The lowest BCUT2D eigenvalue weighted by molar-refractivity contribution is -0.121. The number of ketones is 1. The third-order valence-corrected chi connectivity index (χ3v) is 5.76. The normalized spacial score (nSPS) is 27.9. The van der Waals surface area contributed by atoms with Gasteiger partial charge in [0, 0.05) is 30.2 Å². The molecule has 1 aliphatic heterocycles. The van der Waals surface area contributed by atoms with Crippen molar-refractivity contribution >= 4 is 27.4 Å². The van der Waals surface area contributed by atoms with E-state index in [1.807, 2.05) is 4.90 Å². The Labute approximate surface area is 101 Å². The molecule has 2 fully saturated rings. The van der Waals surface area contributed by atoms with Gasteiger partial charge in [-0.3, -0.25) is 9.69 Å². The molecule has 0 radical (unpaired) electrons. The predicted octanol–water partition coefficient (Wildman–Crippen LogP) is 0.385. The second kappa shape index (κ2) is 4.66. The Morgan fingerprint density at radius 3 is 2.69 bits per heavy atom. The van der Waals surface area contributed by atoms with E-state index in [2.05, 4.69) is 0 Å². The third kappa shape index (κ3) is 2.99. The molecule has 16 heavy (non-hydrogen) atoms. The Morgan fingerprint density at radius 2 is 2.12 bits per heavy atom. The number of hydrogen-bond acceptors (Lipinski definition) is 5. The predicted molar refractivity (Wildman–Crippen MR) is 65.3 cm³/mol. The molecule has 6 heteroatoms. The van der Waals surface area contributed by atoms with E-state index in [1.165, 1.54) is 6.26 Å². The Hall–Kier alpha value is -0.0700. The number of Topliss-reactive ketones (excluding diaryl/α,β-unsaturated/α-hetero) is 1. The highest BCUT2D eigenvalue weighted by molar-refractivity contribution is 8.00. The van der Waals surface area contributed by atoms with E-state index in [1.54, 1.807) is 11.8 Å². The molecule has 1 aliphatic carbocycles. The Bertz CT molecular complexity index is 376. The fourth-order valence-electron chi connectivity index (χ4n) is 1.93. The molecule has 1 atom stereocenters. The zero-order valence-corrected chi connectivity index (χ0v) is 11.0. The first-order valence-corrected chi connectivity index (χ1v) is 8.63. The van der Waals surface area contributed by atoms with Crippen LogP contribution in [0.4, 0.5) is 0 Å². The van der Waals surface area contributed by atoms with Gasteiger partial charge in [0.2, 0.25) is 0 Å². The molecule has 1 saturated heterocycles. The van der Waals surface area contributed by atoms with Crippen molar-refractivity contribution < 1.29 is 13.2 Å². The van der Waals surface area contributed by atoms with Gasteiger partial charge in [0.05, 0.1) is 6.54 Å². The van der Waals surface area contributed by atoms with Crippen LogP contribution in [0.1, 0.15) is 12.8 Å². The van der Waals surface area contributed by atoms with Gasteiger partial charge in [0.25, 0.3) is 0 Å². The van der Waals surface area contributed by atoms with Crippen LogP contribution < -0.4 is 0 Å². The van der Waals surface area contributed by atoms with E-state index < -0.39 is 15.2 Å². The smallest absolute Gasteiger partial charge is 0.164 e. The van der Waals surface area contributed by atoms with Gasteiger partial charge in [-0.1, -0.05) is 0 Å². The van der Waals surface area contributed by atoms with Crippen LogP contribution in [0.25, 0.3) is 0 Å². The molecule has 0 bridgehead atoms. The lowest BCUT2D eigenvalue weighted by Gasteiger charge is -2.33. The van der Waals surface area contributed by atoms with Crippen molar-refractivity contribution in [3.63, 3.8) is 0 Å². The first kappa shape index (κ1) is 12.4. The first-order chi connectivity index (χ1) is 7.48. The maximum absolute atomic E-state index is 11.7. The standard InChI is InChI=1S/C10H17NO3S2/c1-16(13,14)10-7-15-5-4-11(10)6-9(12)8-2-3-8/h8,10H,2-7H2,1H3. The number of sulfone groups is 1. The van der Waals surface area contributed by atoms with Crippen LogP contribution in [0.2, 0.25) is 0 Å².